The highest BCUT2D eigenvalue weighted by molar-refractivity contribution is 6.30. The Hall–Kier alpha value is -2.00. The van der Waals surface area contributed by atoms with Crippen molar-refractivity contribution in [2.24, 2.45) is 0 Å². The third kappa shape index (κ3) is 4.01. The van der Waals surface area contributed by atoms with Gasteiger partial charge in [0.2, 0.25) is 0 Å². The Bertz CT molecular complexity index is 695. The molecular weight excluding hydrogens is 300 g/mol. The van der Waals surface area contributed by atoms with Gasteiger partial charge in [-0.1, -0.05) is 23.7 Å². The van der Waals surface area contributed by atoms with E-state index in [1.165, 1.54) is 0 Å². The van der Waals surface area contributed by atoms with Crippen LogP contribution in [0.15, 0.2) is 36.4 Å². The monoisotopic (exact) mass is 318 g/mol. The molecule has 1 atom stereocenters. The van der Waals surface area contributed by atoms with Crippen molar-refractivity contribution in [3.63, 3.8) is 0 Å². The summed E-state index contributed by atoms with van der Waals surface area (Å²) in [5, 5.41) is 10.1. The molecule has 22 heavy (non-hydrogen) atoms. The zero-order valence-electron chi connectivity index (χ0n) is 12.9. The molecule has 4 heteroatoms. The van der Waals surface area contributed by atoms with Crippen molar-refractivity contribution in [2.75, 3.05) is 0 Å². The van der Waals surface area contributed by atoms with Crippen molar-refractivity contribution in [3.05, 3.63) is 63.7 Å². The fraction of sp³-hybridized carbons (Fsp3) is 0.278. The molecule has 2 aromatic rings. The van der Waals surface area contributed by atoms with Crippen LogP contribution in [-0.4, -0.2) is 17.2 Å². The van der Waals surface area contributed by atoms with Gasteiger partial charge in [-0.25, -0.2) is 4.79 Å². The van der Waals surface area contributed by atoms with Crippen molar-refractivity contribution >= 4 is 17.6 Å². The predicted octanol–water partition coefficient (Wildman–Crippen LogP) is 4.34. The molecule has 0 aliphatic rings. The normalized spacial score (nSPS) is 12.0. The maximum absolute atomic E-state index is 11.5. The van der Waals surface area contributed by atoms with Crippen LogP contribution >= 0.6 is 11.6 Å². The maximum atomic E-state index is 11.5. The van der Waals surface area contributed by atoms with Crippen LogP contribution in [0.4, 0.5) is 0 Å². The summed E-state index contributed by atoms with van der Waals surface area (Å²) in [7, 11) is 0. The summed E-state index contributed by atoms with van der Waals surface area (Å²) in [5.74, 6) is -0.408. The van der Waals surface area contributed by atoms with Crippen molar-refractivity contribution in [1.82, 2.24) is 0 Å². The maximum Gasteiger partial charge on any atom is 0.345 e. The number of hydrogen-bond donors (Lipinski definition) is 1. The Morgan fingerprint density at radius 3 is 2.41 bits per heavy atom. The molecule has 0 radical (unpaired) electrons. The van der Waals surface area contributed by atoms with Gasteiger partial charge in [0.05, 0.1) is 0 Å². The molecule has 0 amide bonds. The third-order valence-corrected chi connectivity index (χ3v) is 3.98. The first-order valence-electron chi connectivity index (χ1n) is 7.08. The van der Waals surface area contributed by atoms with Crippen LogP contribution in [0.1, 0.15) is 22.3 Å². The lowest BCUT2D eigenvalue weighted by Crippen LogP contribution is -2.29. The Morgan fingerprint density at radius 2 is 1.82 bits per heavy atom. The summed E-state index contributed by atoms with van der Waals surface area (Å²) in [5.41, 5.74) is 4.10. The zero-order valence-corrected chi connectivity index (χ0v) is 13.6. The van der Waals surface area contributed by atoms with E-state index in [0.717, 1.165) is 22.3 Å². The first-order chi connectivity index (χ1) is 10.4. The lowest BCUT2D eigenvalue weighted by atomic mass is 10.0. The number of rotatable bonds is 5. The first-order valence-corrected chi connectivity index (χ1v) is 7.46. The van der Waals surface area contributed by atoms with E-state index in [2.05, 4.69) is 0 Å². The van der Waals surface area contributed by atoms with E-state index in [4.69, 9.17) is 16.3 Å². The molecule has 0 saturated heterocycles. The van der Waals surface area contributed by atoms with Crippen LogP contribution in [0.25, 0.3) is 0 Å². The number of ether oxygens (including phenoxy) is 1. The summed E-state index contributed by atoms with van der Waals surface area (Å²) in [6.45, 7) is 5.89. The summed E-state index contributed by atoms with van der Waals surface area (Å²) in [6, 6.07) is 11.0. The van der Waals surface area contributed by atoms with Crippen molar-refractivity contribution < 1.29 is 14.6 Å². The molecule has 0 aliphatic carbocycles. The summed E-state index contributed by atoms with van der Waals surface area (Å²) >= 11 is 5.93. The van der Waals surface area contributed by atoms with Crippen LogP contribution in [0.3, 0.4) is 0 Å². The number of halogens is 1. The van der Waals surface area contributed by atoms with E-state index in [9.17, 15) is 9.90 Å². The molecule has 0 aromatic heterocycles. The highest BCUT2D eigenvalue weighted by Crippen LogP contribution is 2.21. The molecule has 116 valence electrons. The molecular formula is C18H19ClO3. The number of benzene rings is 2. The zero-order chi connectivity index (χ0) is 16.3. The second-order valence-electron chi connectivity index (χ2n) is 5.47. The van der Waals surface area contributed by atoms with Gasteiger partial charge in [0.1, 0.15) is 5.75 Å². The Labute approximate surface area is 135 Å². The number of carbonyl (C=O) groups is 1. The minimum Gasteiger partial charge on any atom is -0.478 e. The van der Waals surface area contributed by atoms with Crippen LogP contribution in [0.5, 0.6) is 5.75 Å². The van der Waals surface area contributed by atoms with E-state index in [-0.39, 0.29) is 0 Å². The minimum absolute atomic E-state index is 0.297. The lowest BCUT2D eigenvalue weighted by molar-refractivity contribution is -0.145. The predicted molar refractivity (Wildman–Crippen MR) is 87.9 cm³/mol. The molecule has 2 aromatic carbocycles. The first kappa shape index (κ1) is 16.4. The molecule has 2 rings (SSSR count). The van der Waals surface area contributed by atoms with Gasteiger partial charge in [-0.2, -0.15) is 0 Å². The SMILES string of the molecule is Cc1ccc(O[C@@H](Cc2ccc(Cl)cc2C)C(=O)O)cc1C. The topological polar surface area (TPSA) is 46.5 Å². The fourth-order valence-corrected chi connectivity index (χ4v) is 2.45. The van der Waals surface area contributed by atoms with Gasteiger partial charge < -0.3 is 9.84 Å². The standard InChI is InChI=1S/C18H19ClO3/c1-11-4-7-16(9-12(11)2)22-17(18(20)21)10-14-5-6-15(19)8-13(14)3/h4-9,17H,10H2,1-3H3,(H,20,21)/t17-/m0/s1. The number of carboxylic acids is 1. The highest BCUT2D eigenvalue weighted by atomic mass is 35.5. The largest absolute Gasteiger partial charge is 0.478 e. The molecule has 0 unspecified atom stereocenters. The minimum atomic E-state index is -0.979. The van der Waals surface area contributed by atoms with Crippen LogP contribution in [-0.2, 0) is 11.2 Å². The van der Waals surface area contributed by atoms with E-state index in [1.807, 2.05) is 45.0 Å². The van der Waals surface area contributed by atoms with Gasteiger partial charge in [0.25, 0.3) is 0 Å². The van der Waals surface area contributed by atoms with E-state index >= 15 is 0 Å². The van der Waals surface area contributed by atoms with E-state index < -0.39 is 12.1 Å². The van der Waals surface area contributed by atoms with E-state index in [1.54, 1.807) is 12.1 Å². The van der Waals surface area contributed by atoms with Crippen LogP contribution < -0.4 is 4.74 Å². The van der Waals surface area contributed by atoms with E-state index in [0.29, 0.717) is 17.2 Å². The number of aryl methyl sites for hydroxylation is 3. The van der Waals surface area contributed by atoms with Gasteiger partial charge in [-0.3, -0.25) is 0 Å². The molecule has 0 spiro atoms. The van der Waals surface area contributed by atoms with Crippen molar-refractivity contribution in [1.29, 1.82) is 0 Å². The summed E-state index contributed by atoms with van der Waals surface area (Å²) in [4.78, 5) is 11.5. The lowest BCUT2D eigenvalue weighted by Gasteiger charge is -2.17. The number of aliphatic carboxylic acids is 1. The second kappa shape index (κ2) is 6.84. The molecule has 0 aliphatic heterocycles. The summed E-state index contributed by atoms with van der Waals surface area (Å²) < 4.78 is 5.67. The molecule has 0 fully saturated rings. The Kier molecular flexibility index (Phi) is 5.09. The molecule has 3 nitrogen and oxygen atoms in total. The second-order valence-corrected chi connectivity index (χ2v) is 5.90. The Balaban J connectivity index is 2.19. The quantitative estimate of drug-likeness (QED) is 0.892. The fourth-order valence-electron chi connectivity index (χ4n) is 2.22. The molecule has 0 saturated carbocycles. The molecule has 1 N–H and O–H groups in total. The third-order valence-electron chi connectivity index (χ3n) is 3.74. The average molecular weight is 319 g/mol. The number of hydrogen-bond acceptors (Lipinski definition) is 2. The van der Waals surface area contributed by atoms with Gasteiger partial charge in [-0.15, -0.1) is 0 Å². The van der Waals surface area contributed by atoms with Gasteiger partial charge >= 0.3 is 5.97 Å². The summed E-state index contributed by atoms with van der Waals surface area (Å²) in [6.07, 6.45) is -0.632. The average Bonchev–Trinajstić information content (AvgIpc) is 2.44. The van der Waals surface area contributed by atoms with Gasteiger partial charge in [-0.05, 0) is 67.3 Å². The highest BCUT2D eigenvalue weighted by Gasteiger charge is 2.21. The van der Waals surface area contributed by atoms with Gasteiger partial charge in [0.15, 0.2) is 6.10 Å². The number of carboxylic acid groups (broad SMARTS) is 1. The van der Waals surface area contributed by atoms with Crippen LogP contribution in [0.2, 0.25) is 5.02 Å². The molecule has 0 bridgehead atoms. The van der Waals surface area contributed by atoms with Crippen molar-refractivity contribution in [2.45, 2.75) is 33.3 Å². The molecule has 0 heterocycles. The smallest absolute Gasteiger partial charge is 0.345 e. The Morgan fingerprint density at radius 1 is 1.09 bits per heavy atom. The van der Waals surface area contributed by atoms with Crippen molar-refractivity contribution in [3.8, 4) is 5.75 Å². The van der Waals surface area contributed by atoms with Gasteiger partial charge in [0, 0.05) is 11.4 Å². The van der Waals surface area contributed by atoms with Crippen LogP contribution in [0, 0.1) is 20.8 Å².